The van der Waals surface area contributed by atoms with Crippen LogP contribution in [0.15, 0.2) is 12.4 Å². The van der Waals surface area contributed by atoms with E-state index in [2.05, 4.69) is 27.5 Å². The van der Waals surface area contributed by atoms with E-state index in [4.69, 9.17) is 4.74 Å². The van der Waals surface area contributed by atoms with Gasteiger partial charge in [-0.25, -0.2) is 9.97 Å². The smallest absolute Gasteiger partial charge is 0.129 e. The molecule has 1 aromatic heterocycles. The van der Waals surface area contributed by atoms with Crippen LogP contribution in [-0.2, 0) is 11.2 Å². The molecule has 1 aliphatic rings. The van der Waals surface area contributed by atoms with E-state index in [1.807, 2.05) is 6.07 Å². The number of anilines is 1. The van der Waals surface area contributed by atoms with E-state index in [1.54, 1.807) is 6.33 Å². The number of piperidine rings is 1. The highest BCUT2D eigenvalue weighted by Gasteiger charge is 2.12. The SMILES string of the molecule is CCCc1cc(NCCCOC2CCNCC2)ncn1. The number of nitrogens with zero attached hydrogens (tertiary/aromatic N) is 2. The summed E-state index contributed by atoms with van der Waals surface area (Å²) in [6, 6.07) is 2.04. The van der Waals surface area contributed by atoms with Gasteiger partial charge in [0.15, 0.2) is 0 Å². The van der Waals surface area contributed by atoms with Crippen LogP contribution in [0, 0.1) is 0 Å². The van der Waals surface area contributed by atoms with E-state index in [0.717, 1.165) is 69.9 Å². The van der Waals surface area contributed by atoms with Crippen molar-refractivity contribution < 1.29 is 4.74 Å². The molecule has 1 aliphatic heterocycles. The van der Waals surface area contributed by atoms with Gasteiger partial charge in [0.25, 0.3) is 0 Å². The number of hydrogen-bond donors (Lipinski definition) is 2. The molecule has 0 aromatic carbocycles. The third-order valence-corrected chi connectivity index (χ3v) is 3.50. The molecular weight excluding hydrogens is 252 g/mol. The average molecular weight is 278 g/mol. The van der Waals surface area contributed by atoms with Gasteiger partial charge in [-0.15, -0.1) is 0 Å². The zero-order chi connectivity index (χ0) is 14.0. The summed E-state index contributed by atoms with van der Waals surface area (Å²) in [5, 5.41) is 6.68. The van der Waals surface area contributed by atoms with E-state index in [0.29, 0.717) is 6.10 Å². The molecule has 0 bridgehead atoms. The van der Waals surface area contributed by atoms with Crippen LogP contribution in [0.3, 0.4) is 0 Å². The summed E-state index contributed by atoms with van der Waals surface area (Å²) in [6.45, 7) is 6.06. The molecule has 5 heteroatoms. The van der Waals surface area contributed by atoms with Crippen molar-refractivity contribution in [2.75, 3.05) is 31.6 Å². The maximum atomic E-state index is 5.87. The largest absolute Gasteiger partial charge is 0.378 e. The summed E-state index contributed by atoms with van der Waals surface area (Å²) >= 11 is 0. The molecule has 0 aliphatic carbocycles. The molecule has 2 rings (SSSR count). The van der Waals surface area contributed by atoms with Crippen molar-refractivity contribution in [3.63, 3.8) is 0 Å². The van der Waals surface area contributed by atoms with Crippen LogP contribution in [0.1, 0.15) is 38.3 Å². The van der Waals surface area contributed by atoms with Gasteiger partial charge < -0.3 is 15.4 Å². The first-order chi connectivity index (χ1) is 9.88. The molecule has 0 spiro atoms. The highest BCUT2D eigenvalue weighted by molar-refractivity contribution is 5.34. The minimum Gasteiger partial charge on any atom is -0.378 e. The van der Waals surface area contributed by atoms with Crippen molar-refractivity contribution in [1.82, 2.24) is 15.3 Å². The van der Waals surface area contributed by atoms with Gasteiger partial charge in [-0.3, -0.25) is 0 Å². The van der Waals surface area contributed by atoms with Gasteiger partial charge in [-0.1, -0.05) is 13.3 Å². The number of hydrogen-bond acceptors (Lipinski definition) is 5. The minimum atomic E-state index is 0.450. The Bertz CT molecular complexity index is 380. The third kappa shape index (κ3) is 5.43. The fourth-order valence-electron chi connectivity index (χ4n) is 2.39. The lowest BCUT2D eigenvalue weighted by Gasteiger charge is -2.22. The molecule has 0 radical (unpaired) electrons. The van der Waals surface area contributed by atoms with Crippen molar-refractivity contribution in [2.24, 2.45) is 0 Å². The van der Waals surface area contributed by atoms with Crippen molar-refractivity contribution in [2.45, 2.75) is 45.1 Å². The summed E-state index contributed by atoms with van der Waals surface area (Å²) < 4.78 is 5.87. The van der Waals surface area contributed by atoms with E-state index in [1.165, 1.54) is 0 Å². The molecule has 0 amide bonds. The number of ether oxygens (including phenoxy) is 1. The summed E-state index contributed by atoms with van der Waals surface area (Å²) in [6.07, 6.45) is 7.50. The number of aromatic nitrogens is 2. The van der Waals surface area contributed by atoms with Crippen LogP contribution in [0.5, 0.6) is 0 Å². The predicted molar refractivity (Wildman–Crippen MR) is 81.0 cm³/mol. The Kier molecular flexibility index (Phi) is 6.74. The molecule has 2 heterocycles. The summed E-state index contributed by atoms with van der Waals surface area (Å²) in [5.74, 6) is 0.922. The van der Waals surface area contributed by atoms with Gasteiger partial charge in [0.05, 0.1) is 6.10 Å². The van der Waals surface area contributed by atoms with Crippen molar-refractivity contribution in [1.29, 1.82) is 0 Å². The van der Waals surface area contributed by atoms with Crippen LogP contribution in [0.25, 0.3) is 0 Å². The Morgan fingerprint density at radius 3 is 3.00 bits per heavy atom. The van der Waals surface area contributed by atoms with Crippen LogP contribution in [0.2, 0.25) is 0 Å². The third-order valence-electron chi connectivity index (χ3n) is 3.50. The molecule has 0 saturated carbocycles. The summed E-state index contributed by atoms with van der Waals surface area (Å²) in [7, 11) is 0. The predicted octanol–water partition coefficient (Wildman–Crippen LogP) is 2.00. The van der Waals surface area contributed by atoms with Crippen LogP contribution in [0.4, 0.5) is 5.82 Å². The maximum Gasteiger partial charge on any atom is 0.129 e. The lowest BCUT2D eigenvalue weighted by molar-refractivity contribution is 0.0329. The Balaban J connectivity index is 1.59. The molecular formula is C15H26N4O. The zero-order valence-electron chi connectivity index (χ0n) is 12.4. The molecule has 2 N–H and O–H groups in total. The van der Waals surface area contributed by atoms with E-state index in [9.17, 15) is 0 Å². The van der Waals surface area contributed by atoms with Crippen LogP contribution >= 0.6 is 0 Å². The monoisotopic (exact) mass is 278 g/mol. The summed E-state index contributed by atoms with van der Waals surface area (Å²) in [4.78, 5) is 8.49. The first-order valence-electron chi connectivity index (χ1n) is 7.75. The van der Waals surface area contributed by atoms with Crippen molar-refractivity contribution >= 4 is 5.82 Å². The van der Waals surface area contributed by atoms with Gasteiger partial charge in [0, 0.05) is 24.9 Å². The lowest BCUT2D eigenvalue weighted by atomic mass is 10.1. The molecule has 20 heavy (non-hydrogen) atoms. The van der Waals surface area contributed by atoms with E-state index < -0.39 is 0 Å². The first kappa shape index (κ1) is 15.2. The quantitative estimate of drug-likeness (QED) is 0.712. The Morgan fingerprint density at radius 2 is 2.20 bits per heavy atom. The van der Waals surface area contributed by atoms with Crippen LogP contribution in [-0.4, -0.2) is 42.3 Å². The number of rotatable bonds is 8. The maximum absolute atomic E-state index is 5.87. The lowest BCUT2D eigenvalue weighted by Crippen LogP contribution is -2.32. The van der Waals surface area contributed by atoms with Crippen LogP contribution < -0.4 is 10.6 Å². The topological polar surface area (TPSA) is 59.1 Å². The molecule has 5 nitrogen and oxygen atoms in total. The first-order valence-corrected chi connectivity index (χ1v) is 7.75. The van der Waals surface area contributed by atoms with Gasteiger partial charge in [0.2, 0.25) is 0 Å². The van der Waals surface area contributed by atoms with Crippen molar-refractivity contribution in [3.05, 3.63) is 18.1 Å². The fourth-order valence-corrected chi connectivity index (χ4v) is 2.39. The molecule has 0 unspecified atom stereocenters. The van der Waals surface area contributed by atoms with Gasteiger partial charge >= 0.3 is 0 Å². The highest BCUT2D eigenvalue weighted by Crippen LogP contribution is 2.08. The average Bonchev–Trinajstić information content (AvgIpc) is 2.49. The van der Waals surface area contributed by atoms with Gasteiger partial charge in [-0.05, 0) is 38.8 Å². The minimum absolute atomic E-state index is 0.450. The second-order valence-electron chi connectivity index (χ2n) is 5.25. The standard InChI is InChI=1S/C15H26N4O/c1-2-4-13-11-15(19-12-18-13)17-7-3-10-20-14-5-8-16-9-6-14/h11-12,14,16H,2-10H2,1H3,(H,17,18,19). The fraction of sp³-hybridized carbons (Fsp3) is 0.733. The van der Waals surface area contributed by atoms with Gasteiger partial charge in [-0.2, -0.15) is 0 Å². The summed E-state index contributed by atoms with van der Waals surface area (Å²) in [5.41, 5.74) is 1.11. The normalized spacial score (nSPS) is 16.2. The molecule has 1 fully saturated rings. The number of nitrogens with one attached hydrogen (secondary N) is 2. The molecule has 1 saturated heterocycles. The Hall–Kier alpha value is -1.20. The second kappa shape index (κ2) is 8.87. The van der Waals surface area contributed by atoms with Gasteiger partial charge in [0.1, 0.15) is 12.1 Å². The number of aryl methyl sites for hydroxylation is 1. The Morgan fingerprint density at radius 1 is 1.35 bits per heavy atom. The van der Waals surface area contributed by atoms with E-state index in [-0.39, 0.29) is 0 Å². The second-order valence-corrected chi connectivity index (χ2v) is 5.25. The highest BCUT2D eigenvalue weighted by atomic mass is 16.5. The zero-order valence-corrected chi connectivity index (χ0v) is 12.4. The molecule has 0 atom stereocenters. The van der Waals surface area contributed by atoms with Crippen molar-refractivity contribution in [3.8, 4) is 0 Å². The molecule has 1 aromatic rings. The Labute approximate surface area is 121 Å². The molecule has 112 valence electrons. The van der Waals surface area contributed by atoms with E-state index >= 15 is 0 Å².